The van der Waals surface area contributed by atoms with Crippen molar-refractivity contribution in [3.63, 3.8) is 0 Å². The zero-order valence-electron chi connectivity index (χ0n) is 12.4. The van der Waals surface area contributed by atoms with Crippen LogP contribution in [0.5, 0.6) is 0 Å². The molecule has 2 aromatic rings. The number of primary amides is 1. The van der Waals surface area contributed by atoms with E-state index in [0.29, 0.717) is 18.7 Å². The van der Waals surface area contributed by atoms with E-state index in [0.717, 1.165) is 13.1 Å². The number of aromatic nitrogens is 2. The van der Waals surface area contributed by atoms with Crippen LogP contribution in [0.1, 0.15) is 22.5 Å². The lowest BCUT2D eigenvalue weighted by Crippen LogP contribution is -2.38. The van der Waals surface area contributed by atoms with Gasteiger partial charge in [-0.15, -0.1) is 0 Å². The summed E-state index contributed by atoms with van der Waals surface area (Å²) >= 11 is 0. The maximum atomic E-state index is 11.3. The Bertz CT molecular complexity index is 655. The molecule has 1 aliphatic heterocycles. The van der Waals surface area contributed by atoms with E-state index in [-0.39, 0.29) is 6.54 Å². The quantitative estimate of drug-likeness (QED) is 0.848. The molecule has 116 valence electrons. The van der Waals surface area contributed by atoms with Gasteiger partial charge in [0.1, 0.15) is 5.69 Å². The monoisotopic (exact) mass is 300 g/mol. The van der Waals surface area contributed by atoms with E-state index in [1.54, 1.807) is 6.07 Å². The van der Waals surface area contributed by atoms with Crippen LogP contribution in [0.25, 0.3) is 0 Å². The van der Waals surface area contributed by atoms with E-state index in [1.807, 2.05) is 18.2 Å². The highest BCUT2D eigenvalue weighted by Crippen LogP contribution is 2.25. The molecule has 0 aliphatic carbocycles. The second-order valence-corrected chi connectivity index (χ2v) is 5.91. The Kier molecular flexibility index (Phi) is 3.96. The van der Waals surface area contributed by atoms with Crippen molar-refractivity contribution in [2.75, 3.05) is 13.1 Å². The first-order valence-electron chi connectivity index (χ1n) is 7.36. The van der Waals surface area contributed by atoms with Crippen LogP contribution in [0, 0.1) is 0 Å². The van der Waals surface area contributed by atoms with Gasteiger partial charge in [-0.05, 0) is 18.1 Å². The van der Waals surface area contributed by atoms with Crippen molar-refractivity contribution in [1.82, 2.24) is 14.7 Å². The molecular weight excluding hydrogens is 280 g/mol. The zero-order valence-corrected chi connectivity index (χ0v) is 12.4. The average Bonchev–Trinajstić information content (AvgIpc) is 3.07. The number of likely N-dealkylation sites (tertiary alicyclic amines) is 1. The van der Waals surface area contributed by atoms with E-state index in [9.17, 15) is 9.90 Å². The van der Waals surface area contributed by atoms with Crippen molar-refractivity contribution in [3.8, 4) is 0 Å². The molecule has 0 radical (unpaired) electrons. The molecule has 1 aromatic carbocycles. The summed E-state index contributed by atoms with van der Waals surface area (Å²) in [5.74, 6) is -0.528. The van der Waals surface area contributed by atoms with Crippen LogP contribution in [-0.4, -0.2) is 44.4 Å². The first kappa shape index (κ1) is 14.7. The molecule has 3 rings (SSSR count). The molecule has 0 bridgehead atoms. The smallest absolute Gasteiger partial charge is 0.266 e. The van der Waals surface area contributed by atoms with E-state index in [1.165, 1.54) is 16.4 Å². The molecular formula is C16H20N4O2. The Morgan fingerprint density at radius 1 is 1.32 bits per heavy atom. The number of amides is 1. The third-order valence-corrected chi connectivity index (χ3v) is 4.07. The molecule has 1 aromatic heterocycles. The minimum absolute atomic E-state index is 0.281. The standard InChI is InChI=1S/C16H20N4O2/c17-15(21)14-6-8-18-20(14)12-16(22)7-9-19(11-16)10-13-4-2-1-3-5-13/h1-6,8,22H,7,9-12H2,(H2,17,21). The molecule has 1 saturated heterocycles. The van der Waals surface area contributed by atoms with Crippen LogP contribution in [0.2, 0.25) is 0 Å². The summed E-state index contributed by atoms with van der Waals surface area (Å²) in [6.45, 7) is 2.47. The van der Waals surface area contributed by atoms with E-state index in [4.69, 9.17) is 5.73 Å². The lowest BCUT2D eigenvalue weighted by atomic mass is 10.0. The van der Waals surface area contributed by atoms with Crippen LogP contribution in [-0.2, 0) is 13.1 Å². The number of carbonyl (C=O) groups is 1. The summed E-state index contributed by atoms with van der Waals surface area (Å²) in [7, 11) is 0. The summed E-state index contributed by atoms with van der Waals surface area (Å²) in [6, 6.07) is 11.8. The van der Waals surface area contributed by atoms with Gasteiger partial charge in [0.05, 0.1) is 12.1 Å². The number of aliphatic hydroxyl groups is 1. The predicted octanol–water partition coefficient (Wildman–Crippen LogP) is 0.619. The number of nitrogens with zero attached hydrogens (tertiary/aromatic N) is 3. The van der Waals surface area contributed by atoms with Crippen molar-refractivity contribution < 1.29 is 9.90 Å². The number of hydrogen-bond donors (Lipinski definition) is 2. The summed E-state index contributed by atoms with van der Waals surface area (Å²) < 4.78 is 1.49. The number of benzene rings is 1. The Balaban J connectivity index is 1.65. The molecule has 1 aliphatic rings. The highest BCUT2D eigenvalue weighted by atomic mass is 16.3. The van der Waals surface area contributed by atoms with Crippen molar-refractivity contribution in [2.45, 2.75) is 25.1 Å². The molecule has 0 saturated carbocycles. The van der Waals surface area contributed by atoms with Crippen LogP contribution >= 0.6 is 0 Å². The molecule has 2 heterocycles. The molecule has 1 amide bonds. The lowest BCUT2D eigenvalue weighted by molar-refractivity contribution is 0.0272. The van der Waals surface area contributed by atoms with E-state index >= 15 is 0 Å². The van der Waals surface area contributed by atoms with Gasteiger partial charge in [0.2, 0.25) is 0 Å². The highest BCUT2D eigenvalue weighted by molar-refractivity contribution is 5.90. The van der Waals surface area contributed by atoms with Crippen molar-refractivity contribution in [3.05, 3.63) is 53.9 Å². The maximum absolute atomic E-state index is 11.3. The number of rotatable bonds is 5. The Morgan fingerprint density at radius 2 is 2.09 bits per heavy atom. The topological polar surface area (TPSA) is 84.4 Å². The van der Waals surface area contributed by atoms with Crippen molar-refractivity contribution in [2.24, 2.45) is 5.73 Å². The Morgan fingerprint density at radius 3 is 2.82 bits per heavy atom. The average molecular weight is 300 g/mol. The summed E-state index contributed by atoms with van der Waals surface area (Å²) in [5.41, 5.74) is 5.98. The molecule has 3 N–H and O–H groups in total. The Hall–Kier alpha value is -2.18. The predicted molar refractivity (Wildman–Crippen MR) is 82.0 cm³/mol. The number of carbonyl (C=O) groups excluding carboxylic acids is 1. The van der Waals surface area contributed by atoms with Gasteiger partial charge >= 0.3 is 0 Å². The lowest BCUT2D eigenvalue weighted by Gasteiger charge is -2.24. The molecule has 6 heteroatoms. The zero-order chi connectivity index (χ0) is 15.6. The summed E-state index contributed by atoms with van der Waals surface area (Å²) in [6.07, 6.45) is 2.18. The van der Waals surface area contributed by atoms with Gasteiger partial charge in [0, 0.05) is 25.8 Å². The molecule has 1 unspecified atom stereocenters. The maximum Gasteiger partial charge on any atom is 0.266 e. The first-order valence-corrected chi connectivity index (χ1v) is 7.36. The fourth-order valence-corrected chi connectivity index (χ4v) is 2.99. The minimum atomic E-state index is -0.884. The molecule has 6 nitrogen and oxygen atoms in total. The van der Waals surface area contributed by atoms with E-state index < -0.39 is 11.5 Å². The minimum Gasteiger partial charge on any atom is -0.387 e. The van der Waals surface area contributed by atoms with Crippen LogP contribution < -0.4 is 5.73 Å². The third kappa shape index (κ3) is 3.18. The number of hydrogen-bond acceptors (Lipinski definition) is 4. The van der Waals surface area contributed by atoms with Crippen molar-refractivity contribution in [1.29, 1.82) is 0 Å². The fourth-order valence-electron chi connectivity index (χ4n) is 2.99. The van der Waals surface area contributed by atoms with Gasteiger partial charge in [-0.3, -0.25) is 14.4 Å². The summed E-state index contributed by atoms with van der Waals surface area (Å²) in [5, 5.41) is 14.9. The van der Waals surface area contributed by atoms with Crippen LogP contribution in [0.3, 0.4) is 0 Å². The van der Waals surface area contributed by atoms with Crippen LogP contribution in [0.15, 0.2) is 42.6 Å². The number of nitrogens with two attached hydrogens (primary N) is 1. The van der Waals surface area contributed by atoms with Gasteiger partial charge in [0.15, 0.2) is 0 Å². The Labute approximate surface area is 129 Å². The van der Waals surface area contributed by atoms with Crippen molar-refractivity contribution >= 4 is 5.91 Å². The van der Waals surface area contributed by atoms with Gasteiger partial charge in [0.25, 0.3) is 5.91 Å². The second kappa shape index (κ2) is 5.90. The molecule has 0 spiro atoms. The molecule has 1 atom stereocenters. The second-order valence-electron chi connectivity index (χ2n) is 5.91. The van der Waals surface area contributed by atoms with Gasteiger partial charge in [-0.2, -0.15) is 5.10 Å². The largest absolute Gasteiger partial charge is 0.387 e. The third-order valence-electron chi connectivity index (χ3n) is 4.07. The van der Waals surface area contributed by atoms with Gasteiger partial charge < -0.3 is 10.8 Å². The SMILES string of the molecule is NC(=O)c1ccnn1CC1(O)CCN(Cc2ccccc2)C1. The van der Waals surface area contributed by atoms with Gasteiger partial charge in [-0.25, -0.2) is 0 Å². The molecule has 1 fully saturated rings. The number of β-amino-alcohol motifs (C(OH)–C–C–N with tert-alkyl or cyclic N) is 1. The fraction of sp³-hybridized carbons (Fsp3) is 0.375. The first-order chi connectivity index (χ1) is 10.6. The molecule has 22 heavy (non-hydrogen) atoms. The van der Waals surface area contributed by atoms with E-state index in [2.05, 4.69) is 22.1 Å². The highest BCUT2D eigenvalue weighted by Gasteiger charge is 2.37. The van der Waals surface area contributed by atoms with Gasteiger partial charge in [-0.1, -0.05) is 30.3 Å². The normalized spacial score (nSPS) is 22.0. The van der Waals surface area contributed by atoms with Crippen LogP contribution in [0.4, 0.5) is 0 Å². The summed E-state index contributed by atoms with van der Waals surface area (Å²) in [4.78, 5) is 13.5.